The Bertz CT molecular complexity index is 759. The maximum absolute atomic E-state index is 7.71. The first kappa shape index (κ1) is 18.4. The number of aliphatic imine (C=N–C) groups is 1. The second-order valence-corrected chi connectivity index (χ2v) is 6.29. The van der Waals surface area contributed by atoms with Gasteiger partial charge in [-0.15, -0.1) is 0 Å². The number of nitrogens with one attached hydrogen (secondary N) is 1. The molecule has 0 saturated carbocycles. The van der Waals surface area contributed by atoms with Crippen LogP contribution in [0.25, 0.3) is 0 Å². The second-order valence-electron chi connectivity index (χ2n) is 5.01. The highest BCUT2D eigenvalue weighted by molar-refractivity contribution is 6.35. The summed E-state index contributed by atoms with van der Waals surface area (Å²) < 4.78 is 0. The van der Waals surface area contributed by atoms with Gasteiger partial charge in [-0.25, -0.2) is 4.99 Å². The predicted octanol–water partition coefficient (Wildman–Crippen LogP) is 3.86. The second kappa shape index (κ2) is 8.24. The Hall–Kier alpha value is -1.95. The molecule has 0 heterocycles. The fraction of sp³-hybridized carbons (Fsp3) is 0.125. The lowest BCUT2D eigenvalue weighted by Crippen LogP contribution is -2.45. The Morgan fingerprint density at radius 1 is 1.00 bits per heavy atom. The molecule has 0 spiro atoms. The number of guanidine groups is 2. The van der Waals surface area contributed by atoms with Crippen LogP contribution >= 0.6 is 34.8 Å². The molecular formula is C16H16Cl3N5. The molecular weight excluding hydrogens is 369 g/mol. The van der Waals surface area contributed by atoms with Gasteiger partial charge in [-0.3, -0.25) is 10.3 Å². The van der Waals surface area contributed by atoms with Crippen molar-refractivity contribution in [3.05, 3.63) is 68.7 Å². The zero-order valence-electron chi connectivity index (χ0n) is 12.6. The highest BCUT2D eigenvalue weighted by Gasteiger charge is 2.14. The van der Waals surface area contributed by atoms with E-state index in [4.69, 9.17) is 51.7 Å². The van der Waals surface area contributed by atoms with E-state index in [2.05, 4.69) is 4.99 Å². The maximum atomic E-state index is 7.71. The monoisotopic (exact) mass is 383 g/mol. The quantitative estimate of drug-likeness (QED) is 0.552. The normalized spacial score (nSPS) is 11.4. The van der Waals surface area contributed by atoms with Crippen molar-refractivity contribution in [2.75, 3.05) is 0 Å². The molecule has 0 amide bonds. The van der Waals surface area contributed by atoms with E-state index >= 15 is 0 Å². The predicted molar refractivity (Wildman–Crippen MR) is 101 cm³/mol. The van der Waals surface area contributed by atoms with Crippen LogP contribution in [0.15, 0.2) is 47.5 Å². The smallest absolute Gasteiger partial charge is 0.198 e. The third-order valence-electron chi connectivity index (χ3n) is 3.25. The summed E-state index contributed by atoms with van der Waals surface area (Å²) in [5.41, 5.74) is 13.3. The third kappa shape index (κ3) is 5.03. The van der Waals surface area contributed by atoms with Crippen molar-refractivity contribution in [1.82, 2.24) is 4.90 Å². The van der Waals surface area contributed by atoms with Gasteiger partial charge in [0.1, 0.15) is 0 Å². The van der Waals surface area contributed by atoms with E-state index in [1.165, 1.54) is 4.90 Å². The molecule has 0 aliphatic heterocycles. The van der Waals surface area contributed by atoms with E-state index in [0.717, 1.165) is 11.1 Å². The van der Waals surface area contributed by atoms with Crippen molar-refractivity contribution < 1.29 is 0 Å². The largest absolute Gasteiger partial charge is 0.370 e. The zero-order chi connectivity index (χ0) is 17.7. The Balaban J connectivity index is 2.15. The summed E-state index contributed by atoms with van der Waals surface area (Å²) in [6.07, 6.45) is 0. The molecule has 8 heteroatoms. The van der Waals surface area contributed by atoms with Crippen molar-refractivity contribution in [1.29, 1.82) is 5.41 Å². The summed E-state index contributed by atoms with van der Waals surface area (Å²) in [5, 5.41) is 9.36. The molecule has 24 heavy (non-hydrogen) atoms. The topological polar surface area (TPSA) is 91.5 Å². The summed E-state index contributed by atoms with van der Waals surface area (Å²) in [4.78, 5) is 5.64. The van der Waals surface area contributed by atoms with Gasteiger partial charge in [0.25, 0.3) is 0 Å². The minimum absolute atomic E-state index is 0.128. The minimum Gasteiger partial charge on any atom is -0.370 e. The Morgan fingerprint density at radius 2 is 1.62 bits per heavy atom. The van der Waals surface area contributed by atoms with Crippen LogP contribution in [0.2, 0.25) is 15.1 Å². The molecule has 0 aliphatic carbocycles. The number of nitrogens with zero attached hydrogens (tertiary/aromatic N) is 2. The summed E-state index contributed by atoms with van der Waals surface area (Å²) in [6.45, 7) is 0.572. The van der Waals surface area contributed by atoms with E-state index < -0.39 is 0 Å². The van der Waals surface area contributed by atoms with Gasteiger partial charge < -0.3 is 11.5 Å². The van der Waals surface area contributed by atoms with Crippen molar-refractivity contribution >= 4 is 46.7 Å². The number of rotatable bonds is 4. The van der Waals surface area contributed by atoms with E-state index in [9.17, 15) is 0 Å². The number of hydrogen-bond donors (Lipinski definition) is 3. The minimum atomic E-state index is -0.224. The average Bonchev–Trinajstić information content (AvgIpc) is 2.53. The molecule has 0 fully saturated rings. The number of halogens is 3. The maximum Gasteiger partial charge on any atom is 0.198 e. The molecule has 5 N–H and O–H groups in total. The lowest BCUT2D eigenvalue weighted by Gasteiger charge is -2.22. The molecule has 0 aromatic heterocycles. The Morgan fingerprint density at radius 3 is 2.21 bits per heavy atom. The summed E-state index contributed by atoms with van der Waals surface area (Å²) in [5.74, 6) is -0.0955. The van der Waals surface area contributed by atoms with Crippen molar-refractivity contribution in [2.45, 2.75) is 13.1 Å². The van der Waals surface area contributed by atoms with Crippen LogP contribution < -0.4 is 11.5 Å². The first-order valence-electron chi connectivity index (χ1n) is 6.96. The molecule has 2 aromatic rings. The first-order chi connectivity index (χ1) is 11.4. The van der Waals surface area contributed by atoms with Crippen LogP contribution in [0.3, 0.4) is 0 Å². The first-order valence-corrected chi connectivity index (χ1v) is 8.10. The molecule has 2 rings (SSSR count). The molecule has 0 saturated heterocycles. The SMILES string of the molecule is N=C(N)N(Cc1ccc(Cl)cc1Cl)C(N)=NCc1ccc(Cl)cc1. The Kier molecular flexibility index (Phi) is 6.31. The molecule has 0 bridgehead atoms. The van der Waals surface area contributed by atoms with Gasteiger partial charge in [-0.05, 0) is 35.4 Å². The van der Waals surface area contributed by atoms with Gasteiger partial charge in [0.15, 0.2) is 11.9 Å². The molecule has 0 radical (unpaired) electrons. The third-order valence-corrected chi connectivity index (χ3v) is 4.09. The molecule has 0 aliphatic rings. The van der Waals surface area contributed by atoms with Crippen molar-refractivity contribution in [2.24, 2.45) is 16.5 Å². The molecule has 2 aromatic carbocycles. The van der Waals surface area contributed by atoms with Gasteiger partial charge in [-0.1, -0.05) is 53.0 Å². The fourth-order valence-corrected chi connectivity index (χ4v) is 2.55. The van der Waals surface area contributed by atoms with Crippen LogP contribution in [0, 0.1) is 5.41 Å². The lowest BCUT2D eigenvalue weighted by atomic mass is 10.2. The standard InChI is InChI=1S/C16H16Cl3N5/c17-12-4-1-10(2-5-12)8-23-16(22)24(15(20)21)9-11-3-6-13(18)7-14(11)19/h1-7H,8-9H2,(H3,20,21)(H2,22,23). The van der Waals surface area contributed by atoms with E-state index in [0.29, 0.717) is 21.6 Å². The highest BCUT2D eigenvalue weighted by atomic mass is 35.5. The number of benzene rings is 2. The molecule has 5 nitrogen and oxygen atoms in total. The van der Waals surface area contributed by atoms with Crippen LogP contribution in [0.1, 0.15) is 11.1 Å². The van der Waals surface area contributed by atoms with Crippen LogP contribution in [0.4, 0.5) is 0 Å². The summed E-state index contributed by atoms with van der Waals surface area (Å²) in [7, 11) is 0. The van der Waals surface area contributed by atoms with E-state index in [1.807, 2.05) is 12.1 Å². The zero-order valence-corrected chi connectivity index (χ0v) is 14.9. The van der Waals surface area contributed by atoms with Gasteiger partial charge >= 0.3 is 0 Å². The van der Waals surface area contributed by atoms with Crippen molar-refractivity contribution in [3.8, 4) is 0 Å². The number of hydrogen-bond acceptors (Lipinski definition) is 2. The van der Waals surface area contributed by atoms with E-state index in [1.54, 1.807) is 30.3 Å². The Labute approximate surface area is 155 Å². The lowest BCUT2D eigenvalue weighted by molar-refractivity contribution is 0.582. The average molecular weight is 385 g/mol. The summed E-state index contributed by atoms with van der Waals surface area (Å²) in [6, 6.07) is 12.4. The molecule has 0 unspecified atom stereocenters. The van der Waals surface area contributed by atoms with E-state index in [-0.39, 0.29) is 18.5 Å². The van der Waals surface area contributed by atoms with Crippen LogP contribution in [-0.2, 0) is 13.1 Å². The van der Waals surface area contributed by atoms with Gasteiger partial charge in [0.2, 0.25) is 0 Å². The van der Waals surface area contributed by atoms with Gasteiger partial charge in [0.05, 0.1) is 13.1 Å². The van der Waals surface area contributed by atoms with Crippen molar-refractivity contribution in [3.63, 3.8) is 0 Å². The van der Waals surface area contributed by atoms with Crippen LogP contribution in [-0.4, -0.2) is 16.8 Å². The molecule has 126 valence electrons. The molecule has 0 atom stereocenters. The number of nitrogens with two attached hydrogens (primary N) is 2. The van der Waals surface area contributed by atoms with Gasteiger partial charge in [0, 0.05) is 15.1 Å². The highest BCUT2D eigenvalue weighted by Crippen LogP contribution is 2.22. The summed E-state index contributed by atoms with van der Waals surface area (Å²) >= 11 is 17.9. The van der Waals surface area contributed by atoms with Crippen LogP contribution in [0.5, 0.6) is 0 Å². The van der Waals surface area contributed by atoms with Gasteiger partial charge in [-0.2, -0.15) is 0 Å². The fourth-order valence-electron chi connectivity index (χ4n) is 1.96.